The number of amides is 2. The molecule has 3 fully saturated rings. The number of rotatable bonds is 2. The highest BCUT2D eigenvalue weighted by Gasteiger charge is 2.69. The van der Waals surface area contributed by atoms with E-state index in [4.69, 9.17) is 23.2 Å². The molecule has 1 aromatic heterocycles. The number of hydrogen-bond acceptors (Lipinski definition) is 5. The quantitative estimate of drug-likeness (QED) is 0.450. The lowest BCUT2D eigenvalue weighted by Gasteiger charge is -2.43. The molecule has 2 bridgehead atoms. The minimum absolute atomic E-state index is 0.00546. The Kier molecular flexibility index (Phi) is 4.67. The number of fused-ring (bicyclic) bond motifs is 9. The van der Waals surface area contributed by atoms with E-state index in [1.165, 1.54) is 16.2 Å². The second-order valence-electron chi connectivity index (χ2n) is 9.50. The number of aromatic amines is 1. The van der Waals surface area contributed by atoms with Gasteiger partial charge in [0.05, 0.1) is 22.5 Å². The van der Waals surface area contributed by atoms with Gasteiger partial charge in [0.25, 0.3) is 0 Å². The van der Waals surface area contributed by atoms with Gasteiger partial charge in [0.1, 0.15) is 0 Å². The second-order valence-corrected chi connectivity index (χ2v) is 12.6. The number of aromatic nitrogens is 1. The minimum Gasteiger partial charge on any atom is -0.307 e. The lowest BCUT2D eigenvalue weighted by molar-refractivity contribution is -0.123. The van der Waals surface area contributed by atoms with E-state index in [1.807, 2.05) is 24.3 Å². The van der Waals surface area contributed by atoms with Gasteiger partial charge in [-0.3, -0.25) is 19.3 Å². The zero-order valence-electron chi connectivity index (χ0n) is 17.6. The Bertz CT molecular complexity index is 1400. The van der Waals surface area contributed by atoms with Crippen LogP contribution in [0.25, 0.3) is 0 Å². The number of imide groups is 1. The number of benzene rings is 2. The van der Waals surface area contributed by atoms with Gasteiger partial charge in [0, 0.05) is 26.1 Å². The zero-order chi connectivity index (χ0) is 23.3. The third kappa shape index (κ3) is 2.84. The van der Waals surface area contributed by atoms with Gasteiger partial charge < -0.3 is 4.98 Å². The monoisotopic (exact) mass is 528 g/mol. The van der Waals surface area contributed by atoms with Crippen LogP contribution < -0.4 is 9.77 Å². The van der Waals surface area contributed by atoms with E-state index in [-0.39, 0.29) is 57.4 Å². The number of thioether (sulfide) groups is 1. The summed E-state index contributed by atoms with van der Waals surface area (Å²) in [6, 6.07) is 14.7. The van der Waals surface area contributed by atoms with E-state index < -0.39 is 0 Å². The molecule has 2 amide bonds. The molecule has 9 heteroatoms. The van der Waals surface area contributed by atoms with Crippen LogP contribution in [0.5, 0.6) is 0 Å². The predicted octanol–water partition coefficient (Wildman–Crippen LogP) is 5.42. The summed E-state index contributed by atoms with van der Waals surface area (Å²) in [4.78, 5) is 44.9. The van der Waals surface area contributed by atoms with Crippen LogP contribution in [-0.2, 0) is 9.59 Å². The molecular weight excluding hydrogens is 511 g/mol. The van der Waals surface area contributed by atoms with E-state index >= 15 is 0 Å². The van der Waals surface area contributed by atoms with Gasteiger partial charge in [-0.2, -0.15) is 0 Å². The maximum Gasteiger partial charge on any atom is 0.305 e. The molecule has 7 rings (SSSR count). The lowest BCUT2D eigenvalue weighted by atomic mass is 9.68. The first kappa shape index (κ1) is 21.2. The Morgan fingerprint density at radius 2 is 1.47 bits per heavy atom. The topological polar surface area (TPSA) is 70.2 Å². The van der Waals surface area contributed by atoms with Gasteiger partial charge in [0.15, 0.2) is 0 Å². The summed E-state index contributed by atoms with van der Waals surface area (Å²) in [5.41, 5.74) is 1.69. The third-order valence-corrected chi connectivity index (χ3v) is 11.1. The number of H-pyrrole nitrogens is 1. The number of nitrogens with one attached hydrogen (secondary N) is 1. The number of nitrogens with zero attached hydrogens (tertiary/aromatic N) is 1. The summed E-state index contributed by atoms with van der Waals surface area (Å²) in [6.45, 7) is 0. The van der Waals surface area contributed by atoms with Crippen molar-refractivity contribution in [3.05, 3.63) is 78.7 Å². The molecule has 0 spiro atoms. The number of hydrogen-bond donors (Lipinski definition) is 1. The molecule has 7 atom stereocenters. The molecule has 34 heavy (non-hydrogen) atoms. The van der Waals surface area contributed by atoms with Gasteiger partial charge in [-0.25, -0.2) is 0 Å². The largest absolute Gasteiger partial charge is 0.307 e. The Labute approximate surface area is 213 Å². The standard InChI is InChI=1S/C25H18Cl2N2O3S2/c26-11-3-1-10(2-4-11)16-17-14-9-15(20(17)33-22-21(16)34-25(32)28-22)19-18(14)23(30)29(24(19)31)13-7-5-12(27)6-8-13/h1-8,14-20H,9H2,(H,28,32)/t14-,15-,16+,17+,18+,19+,20-/m1/s1. The van der Waals surface area contributed by atoms with Crippen LogP contribution in [0, 0.1) is 29.6 Å². The Morgan fingerprint density at radius 3 is 2.15 bits per heavy atom. The Balaban J connectivity index is 1.32. The van der Waals surface area contributed by atoms with Crippen molar-refractivity contribution in [3.8, 4) is 0 Å². The molecule has 0 radical (unpaired) electrons. The van der Waals surface area contributed by atoms with E-state index in [0.717, 1.165) is 21.9 Å². The Morgan fingerprint density at radius 1 is 0.853 bits per heavy atom. The molecule has 5 nitrogen and oxygen atoms in total. The van der Waals surface area contributed by atoms with E-state index in [1.54, 1.807) is 36.0 Å². The van der Waals surface area contributed by atoms with Crippen molar-refractivity contribution in [2.24, 2.45) is 29.6 Å². The van der Waals surface area contributed by atoms with Crippen molar-refractivity contribution in [1.82, 2.24) is 4.98 Å². The van der Waals surface area contributed by atoms with E-state index in [2.05, 4.69) is 4.98 Å². The fourth-order valence-corrected chi connectivity index (χ4v) is 10.0. The Hall–Kier alpha value is -2.06. The van der Waals surface area contributed by atoms with Crippen molar-refractivity contribution in [1.29, 1.82) is 0 Å². The van der Waals surface area contributed by atoms with Crippen LogP contribution >= 0.6 is 46.3 Å². The summed E-state index contributed by atoms with van der Waals surface area (Å²) in [6.07, 6.45) is 0.868. The smallest absolute Gasteiger partial charge is 0.305 e. The molecule has 3 aromatic rings. The molecule has 2 aliphatic carbocycles. The van der Waals surface area contributed by atoms with Gasteiger partial charge in [0.2, 0.25) is 11.8 Å². The van der Waals surface area contributed by atoms with Crippen LogP contribution in [0.15, 0.2) is 58.4 Å². The van der Waals surface area contributed by atoms with Gasteiger partial charge in [-0.1, -0.05) is 46.7 Å². The summed E-state index contributed by atoms with van der Waals surface area (Å²) in [7, 11) is 0. The molecule has 0 unspecified atom stereocenters. The zero-order valence-corrected chi connectivity index (χ0v) is 20.8. The van der Waals surface area contributed by atoms with Crippen molar-refractivity contribution < 1.29 is 9.59 Å². The molecule has 4 aliphatic rings. The SMILES string of the molecule is O=C1[C@H]2[C@H]3C[C@@H]([C@@H]2C(=O)N1c1ccc(Cl)cc1)[C@H]1[C@H](c2ccc(Cl)cc2)c2sc(=O)[nH]c2S[C@H]31. The summed E-state index contributed by atoms with van der Waals surface area (Å²) in [5.74, 6) is -0.448. The first-order chi connectivity index (χ1) is 16.4. The van der Waals surface area contributed by atoms with Crippen LogP contribution in [0.1, 0.15) is 22.8 Å². The average molecular weight is 529 g/mol. The van der Waals surface area contributed by atoms with Crippen LogP contribution in [0.2, 0.25) is 10.0 Å². The maximum absolute atomic E-state index is 13.7. The normalized spacial score (nSPS) is 33.2. The van der Waals surface area contributed by atoms with E-state index in [9.17, 15) is 14.4 Å². The van der Waals surface area contributed by atoms with Crippen LogP contribution in [-0.4, -0.2) is 22.0 Å². The van der Waals surface area contributed by atoms with Crippen molar-refractivity contribution in [2.45, 2.75) is 22.6 Å². The molecule has 3 heterocycles. The molecule has 1 N–H and O–H groups in total. The summed E-state index contributed by atoms with van der Waals surface area (Å²) < 4.78 is 0. The molecule has 172 valence electrons. The molecule has 2 aromatic carbocycles. The van der Waals surface area contributed by atoms with Crippen molar-refractivity contribution in [2.75, 3.05) is 4.90 Å². The highest BCUT2D eigenvalue weighted by atomic mass is 35.5. The third-order valence-electron chi connectivity index (χ3n) is 8.04. The minimum atomic E-state index is -0.318. The highest BCUT2D eigenvalue weighted by Crippen LogP contribution is 2.68. The first-order valence-corrected chi connectivity index (χ1v) is 13.7. The van der Waals surface area contributed by atoms with E-state index in [0.29, 0.717) is 15.7 Å². The van der Waals surface area contributed by atoms with Gasteiger partial charge >= 0.3 is 4.87 Å². The number of carbonyl (C=O) groups is 2. The number of thiazole rings is 1. The van der Waals surface area contributed by atoms with Crippen molar-refractivity contribution >= 4 is 63.8 Å². The lowest BCUT2D eigenvalue weighted by Crippen LogP contribution is -2.42. The van der Waals surface area contributed by atoms with Crippen molar-refractivity contribution in [3.63, 3.8) is 0 Å². The van der Waals surface area contributed by atoms with Crippen LogP contribution in [0.3, 0.4) is 0 Å². The summed E-state index contributed by atoms with van der Waals surface area (Å²) >= 11 is 15.2. The maximum atomic E-state index is 13.7. The number of anilines is 1. The van der Waals surface area contributed by atoms with Gasteiger partial charge in [-0.05, 0) is 66.1 Å². The number of halogens is 2. The molecular formula is C25H18Cl2N2O3S2. The fourth-order valence-electron chi connectivity index (χ4n) is 6.90. The molecule has 2 aliphatic heterocycles. The summed E-state index contributed by atoms with van der Waals surface area (Å²) in [5, 5.41) is 2.31. The molecule has 2 saturated carbocycles. The predicted molar refractivity (Wildman–Crippen MR) is 134 cm³/mol. The fraction of sp³-hybridized carbons (Fsp3) is 0.320. The highest BCUT2D eigenvalue weighted by molar-refractivity contribution is 8.00. The first-order valence-electron chi connectivity index (χ1n) is 11.2. The average Bonchev–Trinajstić information content (AvgIpc) is 3.54. The van der Waals surface area contributed by atoms with Gasteiger partial charge in [-0.15, -0.1) is 11.8 Å². The van der Waals surface area contributed by atoms with Crippen LogP contribution in [0.4, 0.5) is 5.69 Å². The number of carbonyl (C=O) groups excluding carboxylic acids is 2. The molecule has 1 saturated heterocycles. The second kappa shape index (κ2) is 7.47.